The molecule has 3 rings (SSSR count). The van der Waals surface area contributed by atoms with Gasteiger partial charge >= 0.3 is 0 Å². The molecule has 1 saturated heterocycles. The third kappa shape index (κ3) is 2.95. The monoisotopic (exact) mass is 294 g/mol. The number of hydrogen-bond acceptors (Lipinski definition) is 4. The van der Waals surface area contributed by atoms with Crippen LogP contribution in [-0.2, 0) is 17.2 Å². The van der Waals surface area contributed by atoms with Crippen molar-refractivity contribution < 1.29 is 4.74 Å². The zero-order valence-electron chi connectivity index (χ0n) is 11.5. The number of ether oxygens (including phenoxy) is 1. The fraction of sp³-hybridized carbons (Fsp3) is 0.571. The van der Waals surface area contributed by atoms with Gasteiger partial charge in [0.15, 0.2) is 5.65 Å². The van der Waals surface area contributed by atoms with Crippen LogP contribution in [0.15, 0.2) is 18.3 Å². The zero-order valence-corrected chi connectivity index (χ0v) is 12.2. The van der Waals surface area contributed by atoms with Gasteiger partial charge < -0.3 is 9.30 Å². The highest BCUT2D eigenvalue weighted by atomic mass is 35.5. The van der Waals surface area contributed by atoms with Gasteiger partial charge in [-0.3, -0.25) is 4.90 Å². The fourth-order valence-corrected chi connectivity index (χ4v) is 2.82. The third-order valence-corrected chi connectivity index (χ3v) is 3.90. The summed E-state index contributed by atoms with van der Waals surface area (Å²) in [4.78, 5) is 11.4. The second-order valence-corrected chi connectivity index (χ2v) is 5.23. The van der Waals surface area contributed by atoms with E-state index in [0.717, 1.165) is 62.8 Å². The number of morpholine rings is 1. The number of fused-ring (bicyclic) bond motifs is 1. The summed E-state index contributed by atoms with van der Waals surface area (Å²) < 4.78 is 7.50. The molecule has 1 aliphatic rings. The van der Waals surface area contributed by atoms with Crippen molar-refractivity contribution in [2.24, 2.45) is 0 Å². The predicted molar refractivity (Wildman–Crippen MR) is 79.0 cm³/mol. The van der Waals surface area contributed by atoms with Crippen molar-refractivity contribution in [3.8, 4) is 0 Å². The molecule has 0 N–H and O–H groups in total. The molecule has 0 aliphatic carbocycles. The van der Waals surface area contributed by atoms with Crippen LogP contribution in [0.3, 0.4) is 0 Å². The molecular formula is C14H19ClN4O. The largest absolute Gasteiger partial charge is 0.379 e. The number of rotatable bonds is 5. The Bertz CT molecular complexity index is 565. The number of hydrogen-bond donors (Lipinski definition) is 0. The number of pyridine rings is 1. The minimum atomic E-state index is 0.425. The van der Waals surface area contributed by atoms with E-state index >= 15 is 0 Å². The molecule has 0 amide bonds. The normalized spacial score (nSPS) is 16.9. The summed E-state index contributed by atoms with van der Waals surface area (Å²) in [6.45, 7) is 5.76. The maximum atomic E-state index is 5.99. The molecule has 1 fully saturated rings. The highest BCUT2D eigenvalue weighted by molar-refractivity contribution is 6.16. The van der Waals surface area contributed by atoms with Crippen LogP contribution in [-0.4, -0.2) is 52.3 Å². The van der Waals surface area contributed by atoms with Gasteiger partial charge in [0.2, 0.25) is 0 Å². The molecule has 20 heavy (non-hydrogen) atoms. The Morgan fingerprint density at radius 3 is 2.90 bits per heavy atom. The lowest BCUT2D eigenvalue weighted by molar-refractivity contribution is 0.0369. The van der Waals surface area contributed by atoms with E-state index < -0.39 is 0 Å². The second kappa shape index (κ2) is 6.52. The molecule has 108 valence electrons. The average molecular weight is 295 g/mol. The lowest BCUT2D eigenvalue weighted by atomic mass is 10.3. The van der Waals surface area contributed by atoms with Gasteiger partial charge in [-0.2, -0.15) is 0 Å². The molecule has 3 heterocycles. The van der Waals surface area contributed by atoms with Crippen LogP contribution in [0.1, 0.15) is 12.2 Å². The maximum Gasteiger partial charge on any atom is 0.160 e. The van der Waals surface area contributed by atoms with Crippen molar-refractivity contribution in [1.29, 1.82) is 0 Å². The van der Waals surface area contributed by atoms with Crippen LogP contribution >= 0.6 is 11.6 Å². The molecule has 0 unspecified atom stereocenters. The van der Waals surface area contributed by atoms with Crippen molar-refractivity contribution in [2.45, 2.75) is 18.8 Å². The van der Waals surface area contributed by atoms with Crippen LogP contribution in [0.2, 0.25) is 0 Å². The van der Waals surface area contributed by atoms with Crippen molar-refractivity contribution in [3.05, 3.63) is 24.2 Å². The standard InChI is InChI=1S/C14H19ClN4O/c15-11-13-17-12-3-1-4-16-14(12)19(13)6-2-5-18-7-9-20-10-8-18/h1,3-4H,2,5-11H2. The molecule has 0 bridgehead atoms. The van der Waals surface area contributed by atoms with Gasteiger partial charge in [-0.1, -0.05) is 0 Å². The summed E-state index contributed by atoms with van der Waals surface area (Å²) in [6.07, 6.45) is 2.88. The van der Waals surface area contributed by atoms with Gasteiger partial charge in [-0.25, -0.2) is 9.97 Å². The second-order valence-electron chi connectivity index (χ2n) is 4.97. The average Bonchev–Trinajstić information content (AvgIpc) is 2.87. The highest BCUT2D eigenvalue weighted by Crippen LogP contribution is 2.15. The van der Waals surface area contributed by atoms with E-state index in [-0.39, 0.29) is 0 Å². The van der Waals surface area contributed by atoms with E-state index in [0.29, 0.717) is 5.88 Å². The number of alkyl halides is 1. The highest BCUT2D eigenvalue weighted by Gasteiger charge is 2.12. The lowest BCUT2D eigenvalue weighted by Gasteiger charge is -2.26. The molecule has 0 radical (unpaired) electrons. The number of halogens is 1. The summed E-state index contributed by atoms with van der Waals surface area (Å²) >= 11 is 5.99. The van der Waals surface area contributed by atoms with Crippen molar-refractivity contribution in [2.75, 3.05) is 32.8 Å². The van der Waals surface area contributed by atoms with Crippen LogP contribution in [0, 0.1) is 0 Å². The first kappa shape index (κ1) is 13.8. The summed E-state index contributed by atoms with van der Waals surface area (Å²) in [6, 6.07) is 3.89. The third-order valence-electron chi connectivity index (χ3n) is 3.66. The maximum absolute atomic E-state index is 5.99. The summed E-state index contributed by atoms with van der Waals surface area (Å²) in [7, 11) is 0. The molecule has 1 aliphatic heterocycles. The molecule has 5 nitrogen and oxygen atoms in total. The van der Waals surface area contributed by atoms with Crippen LogP contribution in [0.4, 0.5) is 0 Å². The summed E-state index contributed by atoms with van der Waals surface area (Å²) in [5.41, 5.74) is 1.86. The zero-order chi connectivity index (χ0) is 13.8. The Hall–Kier alpha value is -1.17. The van der Waals surface area contributed by atoms with Gasteiger partial charge in [0, 0.05) is 32.4 Å². The summed E-state index contributed by atoms with van der Waals surface area (Å²) in [5.74, 6) is 1.33. The first-order valence-electron chi connectivity index (χ1n) is 7.04. The Morgan fingerprint density at radius 2 is 2.10 bits per heavy atom. The molecule has 6 heteroatoms. The molecule has 2 aromatic heterocycles. The Labute approximate surface area is 123 Å². The van der Waals surface area contributed by atoms with Crippen LogP contribution in [0.5, 0.6) is 0 Å². The van der Waals surface area contributed by atoms with E-state index in [2.05, 4.69) is 19.4 Å². The van der Waals surface area contributed by atoms with Crippen LogP contribution in [0.25, 0.3) is 11.2 Å². The first-order valence-corrected chi connectivity index (χ1v) is 7.58. The van der Waals surface area contributed by atoms with Crippen LogP contribution < -0.4 is 0 Å². The van der Waals surface area contributed by atoms with Gasteiger partial charge in [0.1, 0.15) is 11.3 Å². The van der Waals surface area contributed by atoms with Crippen molar-refractivity contribution >= 4 is 22.8 Å². The Balaban J connectivity index is 1.66. The molecule has 0 aromatic carbocycles. The van der Waals surface area contributed by atoms with Crippen molar-refractivity contribution in [1.82, 2.24) is 19.4 Å². The number of nitrogens with zero attached hydrogens (tertiary/aromatic N) is 4. The van der Waals surface area contributed by atoms with E-state index in [1.54, 1.807) is 6.20 Å². The molecule has 0 atom stereocenters. The Kier molecular flexibility index (Phi) is 4.50. The number of imidazole rings is 1. The van der Waals surface area contributed by atoms with Gasteiger partial charge in [0.05, 0.1) is 19.1 Å². The number of aryl methyl sites for hydroxylation is 1. The van der Waals surface area contributed by atoms with Gasteiger partial charge in [0.25, 0.3) is 0 Å². The predicted octanol–water partition coefficient (Wildman–Crippen LogP) is 1.89. The quantitative estimate of drug-likeness (QED) is 0.790. The van der Waals surface area contributed by atoms with E-state index in [9.17, 15) is 0 Å². The lowest BCUT2D eigenvalue weighted by Crippen LogP contribution is -2.37. The minimum Gasteiger partial charge on any atom is -0.379 e. The van der Waals surface area contributed by atoms with E-state index in [4.69, 9.17) is 16.3 Å². The SMILES string of the molecule is ClCc1nc2cccnc2n1CCCN1CCOCC1. The topological polar surface area (TPSA) is 43.2 Å². The van der Waals surface area contributed by atoms with E-state index in [1.807, 2.05) is 12.1 Å². The molecule has 0 saturated carbocycles. The fourth-order valence-electron chi connectivity index (χ4n) is 2.62. The first-order chi connectivity index (χ1) is 9.88. The Morgan fingerprint density at radius 1 is 1.25 bits per heavy atom. The van der Waals surface area contributed by atoms with Gasteiger partial charge in [-0.05, 0) is 18.6 Å². The van der Waals surface area contributed by atoms with Crippen molar-refractivity contribution in [3.63, 3.8) is 0 Å². The minimum absolute atomic E-state index is 0.425. The van der Waals surface area contributed by atoms with Gasteiger partial charge in [-0.15, -0.1) is 11.6 Å². The molecule has 0 spiro atoms. The number of aromatic nitrogens is 3. The smallest absolute Gasteiger partial charge is 0.160 e. The molecule has 2 aromatic rings. The van der Waals surface area contributed by atoms with E-state index in [1.165, 1.54) is 0 Å². The summed E-state index contributed by atoms with van der Waals surface area (Å²) in [5, 5.41) is 0. The molecular weight excluding hydrogens is 276 g/mol.